The summed E-state index contributed by atoms with van der Waals surface area (Å²) in [6, 6.07) is 14.4. The molecule has 3 heterocycles. The topological polar surface area (TPSA) is 58.9 Å². The van der Waals surface area contributed by atoms with Gasteiger partial charge in [-0.15, -0.1) is 6.58 Å². The number of benzene rings is 2. The summed E-state index contributed by atoms with van der Waals surface area (Å²) in [5.41, 5.74) is 4.02. The van der Waals surface area contributed by atoms with Gasteiger partial charge in [0.25, 0.3) is 0 Å². The number of aryl methyl sites for hydroxylation is 1. The SMILES string of the molecule is C=CCn1c(C)nc2ccc(Nc3nc(N4CCCC4)nc4ccccc34)cc21. The van der Waals surface area contributed by atoms with Gasteiger partial charge < -0.3 is 14.8 Å². The number of para-hydroxylation sites is 1. The fourth-order valence-electron chi connectivity index (χ4n) is 4.04. The molecule has 0 saturated carbocycles. The van der Waals surface area contributed by atoms with Crippen molar-refractivity contribution in [2.75, 3.05) is 23.3 Å². The number of nitrogens with one attached hydrogen (secondary N) is 1. The van der Waals surface area contributed by atoms with E-state index in [-0.39, 0.29) is 0 Å². The minimum absolute atomic E-state index is 0.737. The molecule has 5 rings (SSSR count). The Morgan fingerprint density at radius 3 is 2.69 bits per heavy atom. The second-order valence-electron chi connectivity index (χ2n) is 7.47. The molecule has 2 aromatic heterocycles. The predicted octanol–water partition coefficient (Wildman–Crippen LogP) is 4.82. The molecule has 6 heteroatoms. The standard InChI is InChI=1S/C23H24N6/c1-3-12-29-16(2)24-20-11-10-17(15-21(20)29)25-22-18-8-4-5-9-19(18)26-23(27-22)28-13-6-7-14-28/h3-5,8-11,15H,1,6-7,12-14H2,2H3,(H,25,26,27). The van der Waals surface area contributed by atoms with Gasteiger partial charge in [-0.3, -0.25) is 0 Å². The molecule has 146 valence electrons. The Bertz CT molecular complexity index is 1200. The van der Waals surface area contributed by atoms with E-state index in [2.05, 4.69) is 50.6 Å². The van der Waals surface area contributed by atoms with Gasteiger partial charge in [-0.25, -0.2) is 9.97 Å². The molecular weight excluding hydrogens is 360 g/mol. The van der Waals surface area contributed by atoms with Gasteiger partial charge in [0.15, 0.2) is 0 Å². The van der Waals surface area contributed by atoms with Crippen molar-refractivity contribution in [1.29, 1.82) is 0 Å². The highest BCUT2D eigenvalue weighted by molar-refractivity contribution is 5.92. The molecule has 0 unspecified atom stereocenters. The number of hydrogen-bond acceptors (Lipinski definition) is 5. The molecule has 0 bridgehead atoms. The fourth-order valence-corrected chi connectivity index (χ4v) is 4.04. The molecule has 1 saturated heterocycles. The number of allylic oxidation sites excluding steroid dienone is 1. The van der Waals surface area contributed by atoms with Gasteiger partial charge in [0, 0.05) is 30.7 Å². The zero-order valence-corrected chi connectivity index (χ0v) is 16.6. The fraction of sp³-hybridized carbons (Fsp3) is 0.261. The van der Waals surface area contributed by atoms with E-state index in [1.54, 1.807) is 0 Å². The lowest BCUT2D eigenvalue weighted by molar-refractivity contribution is 0.808. The zero-order valence-electron chi connectivity index (χ0n) is 16.6. The second kappa shape index (κ2) is 7.20. The quantitative estimate of drug-likeness (QED) is 0.500. The monoisotopic (exact) mass is 384 g/mol. The second-order valence-corrected chi connectivity index (χ2v) is 7.47. The first-order chi connectivity index (χ1) is 14.2. The lowest BCUT2D eigenvalue weighted by Gasteiger charge is -2.18. The maximum atomic E-state index is 4.89. The maximum Gasteiger partial charge on any atom is 0.227 e. The van der Waals surface area contributed by atoms with Gasteiger partial charge in [-0.05, 0) is 50.1 Å². The third-order valence-corrected chi connectivity index (χ3v) is 5.49. The molecular formula is C23H24N6. The third kappa shape index (κ3) is 3.20. The highest BCUT2D eigenvalue weighted by Crippen LogP contribution is 2.29. The molecule has 0 atom stereocenters. The summed E-state index contributed by atoms with van der Waals surface area (Å²) in [4.78, 5) is 16.6. The average molecular weight is 384 g/mol. The van der Waals surface area contributed by atoms with Crippen molar-refractivity contribution in [3.8, 4) is 0 Å². The van der Waals surface area contributed by atoms with Crippen LogP contribution in [0, 0.1) is 6.92 Å². The summed E-state index contributed by atoms with van der Waals surface area (Å²) < 4.78 is 2.17. The third-order valence-electron chi connectivity index (χ3n) is 5.49. The Morgan fingerprint density at radius 1 is 1.03 bits per heavy atom. The summed E-state index contributed by atoms with van der Waals surface area (Å²) in [5.74, 6) is 2.63. The number of nitrogens with zero attached hydrogens (tertiary/aromatic N) is 5. The molecule has 29 heavy (non-hydrogen) atoms. The van der Waals surface area contributed by atoms with Crippen LogP contribution in [0.15, 0.2) is 55.1 Å². The van der Waals surface area contributed by atoms with E-state index in [1.165, 1.54) is 12.8 Å². The smallest absolute Gasteiger partial charge is 0.227 e. The molecule has 0 aliphatic carbocycles. The number of hydrogen-bond donors (Lipinski definition) is 1. The van der Waals surface area contributed by atoms with Crippen molar-refractivity contribution in [3.63, 3.8) is 0 Å². The number of anilines is 3. The van der Waals surface area contributed by atoms with Crippen LogP contribution < -0.4 is 10.2 Å². The first-order valence-corrected chi connectivity index (χ1v) is 10.1. The van der Waals surface area contributed by atoms with Crippen LogP contribution in [0.1, 0.15) is 18.7 Å². The van der Waals surface area contributed by atoms with Crippen LogP contribution >= 0.6 is 0 Å². The van der Waals surface area contributed by atoms with E-state index in [4.69, 9.17) is 9.97 Å². The van der Waals surface area contributed by atoms with Crippen molar-refractivity contribution in [3.05, 3.63) is 60.9 Å². The largest absolute Gasteiger partial charge is 0.341 e. The van der Waals surface area contributed by atoms with E-state index in [9.17, 15) is 0 Å². The minimum Gasteiger partial charge on any atom is -0.341 e. The Morgan fingerprint density at radius 2 is 1.86 bits per heavy atom. The summed E-state index contributed by atoms with van der Waals surface area (Å²) in [7, 11) is 0. The van der Waals surface area contributed by atoms with Gasteiger partial charge in [0.1, 0.15) is 11.6 Å². The van der Waals surface area contributed by atoms with Crippen molar-refractivity contribution < 1.29 is 0 Å². The van der Waals surface area contributed by atoms with Crippen molar-refractivity contribution >= 4 is 39.4 Å². The predicted molar refractivity (Wildman–Crippen MR) is 119 cm³/mol. The van der Waals surface area contributed by atoms with E-state index in [1.807, 2.05) is 31.2 Å². The first-order valence-electron chi connectivity index (χ1n) is 10.1. The number of imidazole rings is 1. The average Bonchev–Trinajstić information content (AvgIpc) is 3.37. The number of aromatic nitrogens is 4. The summed E-state index contributed by atoms with van der Waals surface area (Å²) in [6.45, 7) is 8.67. The van der Waals surface area contributed by atoms with Crippen LogP contribution in [0.3, 0.4) is 0 Å². The zero-order chi connectivity index (χ0) is 19.8. The van der Waals surface area contributed by atoms with E-state index < -0.39 is 0 Å². The van der Waals surface area contributed by atoms with Gasteiger partial charge in [0.2, 0.25) is 5.95 Å². The highest BCUT2D eigenvalue weighted by atomic mass is 15.3. The summed E-state index contributed by atoms with van der Waals surface area (Å²) in [5, 5.41) is 4.56. The molecule has 6 nitrogen and oxygen atoms in total. The normalized spacial score (nSPS) is 14.0. The Hall–Kier alpha value is -3.41. The molecule has 1 fully saturated rings. The van der Waals surface area contributed by atoms with Gasteiger partial charge in [-0.1, -0.05) is 18.2 Å². The van der Waals surface area contributed by atoms with Crippen molar-refractivity contribution in [2.45, 2.75) is 26.3 Å². The lowest BCUT2D eigenvalue weighted by atomic mass is 10.2. The van der Waals surface area contributed by atoms with Crippen molar-refractivity contribution in [2.24, 2.45) is 0 Å². The Kier molecular flexibility index (Phi) is 4.39. The highest BCUT2D eigenvalue weighted by Gasteiger charge is 2.17. The maximum absolute atomic E-state index is 4.89. The van der Waals surface area contributed by atoms with E-state index in [0.717, 1.165) is 64.8 Å². The molecule has 4 aromatic rings. The molecule has 1 aliphatic heterocycles. The molecule has 0 spiro atoms. The molecule has 0 radical (unpaired) electrons. The van der Waals surface area contributed by atoms with Gasteiger partial charge in [-0.2, -0.15) is 4.98 Å². The molecule has 0 amide bonds. The van der Waals surface area contributed by atoms with Crippen LogP contribution in [0.5, 0.6) is 0 Å². The van der Waals surface area contributed by atoms with Crippen LogP contribution in [0.2, 0.25) is 0 Å². The van der Waals surface area contributed by atoms with Crippen molar-refractivity contribution in [1.82, 2.24) is 19.5 Å². The molecule has 1 N–H and O–H groups in total. The molecule has 2 aromatic carbocycles. The summed E-state index contributed by atoms with van der Waals surface area (Å²) in [6.07, 6.45) is 4.29. The molecule has 1 aliphatic rings. The Balaban J connectivity index is 1.58. The van der Waals surface area contributed by atoms with Gasteiger partial charge >= 0.3 is 0 Å². The minimum atomic E-state index is 0.737. The van der Waals surface area contributed by atoms with Crippen LogP contribution in [-0.2, 0) is 6.54 Å². The van der Waals surface area contributed by atoms with Gasteiger partial charge in [0.05, 0.1) is 16.6 Å². The van der Waals surface area contributed by atoms with Crippen LogP contribution in [-0.4, -0.2) is 32.6 Å². The Labute approximate surface area is 169 Å². The number of fused-ring (bicyclic) bond motifs is 2. The van der Waals surface area contributed by atoms with E-state index in [0.29, 0.717) is 0 Å². The number of rotatable bonds is 5. The first kappa shape index (κ1) is 17.7. The van der Waals surface area contributed by atoms with E-state index >= 15 is 0 Å². The summed E-state index contributed by atoms with van der Waals surface area (Å²) >= 11 is 0. The van der Waals surface area contributed by atoms with Crippen LogP contribution in [0.25, 0.3) is 21.9 Å². The van der Waals surface area contributed by atoms with Crippen LogP contribution in [0.4, 0.5) is 17.5 Å². The lowest BCUT2D eigenvalue weighted by Crippen LogP contribution is -2.20.